The van der Waals surface area contributed by atoms with E-state index >= 15 is 4.39 Å². The quantitative estimate of drug-likeness (QED) is 0.108. The van der Waals surface area contributed by atoms with E-state index in [1.165, 1.54) is 65.5 Å². The first-order chi connectivity index (χ1) is 29.0. The summed E-state index contributed by atoms with van der Waals surface area (Å²) in [6.45, 7) is 4.59. The van der Waals surface area contributed by atoms with Crippen molar-refractivity contribution in [3.63, 3.8) is 0 Å². The maximum absolute atomic E-state index is 16.1. The van der Waals surface area contributed by atoms with Gasteiger partial charge in [0.05, 0.1) is 60.4 Å². The molecule has 17 heteroatoms. The van der Waals surface area contributed by atoms with E-state index < -0.39 is 46.5 Å². The lowest BCUT2D eigenvalue weighted by Gasteiger charge is -2.40. The van der Waals surface area contributed by atoms with Crippen LogP contribution >= 0.6 is 11.8 Å². The number of hydrogen-bond acceptors (Lipinski definition) is 13. The zero-order valence-electron chi connectivity index (χ0n) is 32.9. The number of nitriles is 2. The molecule has 0 radical (unpaired) electrons. The van der Waals surface area contributed by atoms with Crippen LogP contribution in [0.5, 0.6) is 0 Å². The van der Waals surface area contributed by atoms with E-state index in [9.17, 15) is 23.6 Å². The van der Waals surface area contributed by atoms with E-state index in [0.717, 1.165) is 25.2 Å². The van der Waals surface area contributed by atoms with E-state index in [1.54, 1.807) is 31.2 Å². The topological polar surface area (TPSA) is 156 Å². The number of esters is 2. The highest BCUT2D eigenvalue weighted by Crippen LogP contribution is 2.42. The molecule has 2 saturated heterocycles. The average Bonchev–Trinajstić information content (AvgIpc) is 3.76. The molecule has 0 N–H and O–H groups in total. The van der Waals surface area contributed by atoms with E-state index in [1.807, 2.05) is 24.1 Å². The number of likely N-dealkylation sites (N-methyl/N-ethyl adjacent to an activating group) is 1. The number of carbonyl (C=O) groups excluding carboxylic acids is 2. The number of hydrogen-bond donors (Lipinski definition) is 0. The number of carbonyl (C=O) groups is 2. The van der Waals surface area contributed by atoms with Crippen LogP contribution in [0.1, 0.15) is 45.1 Å². The molecular weight excluding hydrogens is 800 g/mol. The SMILES string of the molecule is C[C@@H](SC1COC(C=CC=Cc2ccc(C#N)cc2F)OC1)[C@@](Cn1cncn1)(OC(=O)c1cc(C#N)ccc1COC(=O)CN1CCN(C)CC1)c1ccc(F)cc1F. The standard InChI is InChI=1S/C43H42F3N7O6S/c1-29(60-35-24-57-41(58-25-35)6-4-3-5-32-9-7-31(21-48)18-38(32)45)43(26-53-28-49-27-50-53,37-12-11-34(44)19-39(37)46)59-42(55)36-17-30(20-47)8-10-33(36)23-56-40(54)22-52-15-13-51(2)14-16-52/h3-12,17-19,27-29,35,41H,13-16,22-26H2,1-2H3/t29-,35?,41?,43-/m1/s1. The van der Waals surface area contributed by atoms with Gasteiger partial charge in [-0.1, -0.05) is 30.4 Å². The maximum Gasteiger partial charge on any atom is 0.339 e. The summed E-state index contributed by atoms with van der Waals surface area (Å²) in [7, 11) is 2.01. The lowest BCUT2D eigenvalue weighted by atomic mass is 9.89. The zero-order chi connectivity index (χ0) is 42.6. The van der Waals surface area contributed by atoms with Gasteiger partial charge in [-0.2, -0.15) is 15.6 Å². The van der Waals surface area contributed by atoms with Crippen molar-refractivity contribution in [2.75, 3.05) is 53.0 Å². The Balaban J connectivity index is 1.22. The summed E-state index contributed by atoms with van der Waals surface area (Å²) in [6.07, 6.45) is 8.34. The van der Waals surface area contributed by atoms with Gasteiger partial charge in [0.25, 0.3) is 0 Å². The monoisotopic (exact) mass is 841 g/mol. The number of halogens is 3. The highest BCUT2D eigenvalue weighted by Gasteiger charge is 2.47. The predicted molar refractivity (Wildman–Crippen MR) is 214 cm³/mol. The molecule has 1 aromatic heterocycles. The number of aromatic nitrogens is 3. The van der Waals surface area contributed by atoms with Gasteiger partial charge >= 0.3 is 11.9 Å². The van der Waals surface area contributed by atoms with Gasteiger partial charge in [-0.15, -0.1) is 11.8 Å². The molecule has 3 heterocycles. The zero-order valence-corrected chi connectivity index (χ0v) is 33.7. The average molecular weight is 842 g/mol. The molecule has 4 aromatic rings. The highest BCUT2D eigenvalue weighted by atomic mass is 32.2. The normalized spacial score (nSPS) is 19.1. The van der Waals surface area contributed by atoms with Gasteiger partial charge in [-0.05, 0) is 56.4 Å². The minimum Gasteiger partial charge on any atom is -0.460 e. The van der Waals surface area contributed by atoms with E-state index in [-0.39, 0.29) is 66.0 Å². The van der Waals surface area contributed by atoms with Crippen molar-refractivity contribution in [1.29, 1.82) is 10.5 Å². The molecule has 2 atom stereocenters. The Hall–Kier alpha value is -5.82. The fourth-order valence-electron chi connectivity index (χ4n) is 6.70. The van der Waals surface area contributed by atoms with Crippen molar-refractivity contribution in [1.82, 2.24) is 24.6 Å². The lowest BCUT2D eigenvalue weighted by Crippen LogP contribution is -2.47. The van der Waals surface area contributed by atoms with Gasteiger partial charge in [0.1, 0.15) is 36.7 Å². The van der Waals surface area contributed by atoms with Crippen molar-refractivity contribution >= 4 is 29.8 Å². The van der Waals surface area contributed by atoms with Crippen LogP contribution in [0.25, 0.3) is 6.08 Å². The van der Waals surface area contributed by atoms with Crippen molar-refractivity contribution < 1.29 is 41.7 Å². The third-order valence-corrected chi connectivity index (χ3v) is 11.5. The first kappa shape index (κ1) is 43.8. The largest absolute Gasteiger partial charge is 0.460 e. The molecule has 0 aliphatic carbocycles. The summed E-state index contributed by atoms with van der Waals surface area (Å²) < 4.78 is 70.0. The maximum atomic E-state index is 16.1. The first-order valence-electron chi connectivity index (χ1n) is 19.0. The Morgan fingerprint density at radius 1 is 0.983 bits per heavy atom. The molecule has 2 fully saturated rings. The fraction of sp³-hybridized carbons (Fsp3) is 0.349. The van der Waals surface area contributed by atoms with Gasteiger partial charge in [-0.3, -0.25) is 9.69 Å². The number of benzene rings is 3. The van der Waals surface area contributed by atoms with Gasteiger partial charge in [0.2, 0.25) is 0 Å². The molecule has 0 bridgehead atoms. The third kappa shape index (κ3) is 11.3. The Labute approximate surface area is 349 Å². The Bertz CT molecular complexity index is 2280. The molecule has 312 valence electrons. The van der Waals surface area contributed by atoms with E-state index in [4.69, 9.17) is 24.2 Å². The van der Waals surface area contributed by atoms with E-state index in [2.05, 4.69) is 15.0 Å². The fourth-order valence-corrected chi connectivity index (χ4v) is 8.06. The van der Waals surface area contributed by atoms with Crippen LogP contribution in [0.3, 0.4) is 0 Å². The van der Waals surface area contributed by atoms with Gasteiger partial charge in [-0.25, -0.2) is 27.6 Å². The Morgan fingerprint density at radius 3 is 2.40 bits per heavy atom. The van der Waals surface area contributed by atoms with Gasteiger partial charge in [0, 0.05) is 54.2 Å². The Morgan fingerprint density at radius 2 is 1.72 bits per heavy atom. The number of rotatable bonds is 15. The molecular formula is C43H42F3N7O6S. The van der Waals surface area contributed by atoms with Crippen LogP contribution < -0.4 is 0 Å². The van der Waals surface area contributed by atoms with Crippen LogP contribution in [-0.2, 0) is 42.5 Å². The number of allylic oxidation sites excluding steroid dienone is 2. The molecule has 0 spiro atoms. The summed E-state index contributed by atoms with van der Waals surface area (Å²) in [6, 6.07) is 15.4. The summed E-state index contributed by atoms with van der Waals surface area (Å²) >= 11 is 1.29. The molecule has 0 unspecified atom stereocenters. The van der Waals surface area contributed by atoms with Crippen LogP contribution in [-0.4, -0.2) is 106 Å². The minimum absolute atomic E-state index is 0.0628. The highest BCUT2D eigenvalue weighted by molar-refractivity contribution is 8.00. The number of piperazine rings is 1. The number of ether oxygens (including phenoxy) is 4. The molecule has 13 nitrogen and oxygen atoms in total. The van der Waals surface area contributed by atoms with Crippen LogP contribution in [0.15, 0.2) is 85.5 Å². The number of nitrogens with zero attached hydrogens (tertiary/aromatic N) is 7. The van der Waals surface area contributed by atoms with Crippen molar-refractivity contribution in [2.45, 2.75) is 42.5 Å². The summed E-state index contributed by atoms with van der Waals surface area (Å²) in [4.78, 5) is 35.5. The third-order valence-electron chi connectivity index (χ3n) is 10.1. The second-order valence-corrected chi connectivity index (χ2v) is 15.9. The molecule has 3 aromatic carbocycles. The molecule has 0 saturated carbocycles. The van der Waals surface area contributed by atoms with Crippen LogP contribution in [0.2, 0.25) is 0 Å². The number of thioether (sulfide) groups is 1. The smallest absolute Gasteiger partial charge is 0.339 e. The van der Waals surface area contributed by atoms with Crippen LogP contribution in [0.4, 0.5) is 13.2 Å². The van der Waals surface area contributed by atoms with E-state index in [0.29, 0.717) is 24.7 Å². The summed E-state index contributed by atoms with van der Waals surface area (Å²) in [5.41, 5.74) is -1.21. The molecule has 60 heavy (non-hydrogen) atoms. The van der Waals surface area contributed by atoms with Crippen LogP contribution in [0, 0.1) is 40.1 Å². The minimum atomic E-state index is -1.88. The Kier molecular flexibility index (Phi) is 14.9. The van der Waals surface area contributed by atoms with Crippen molar-refractivity contribution in [3.8, 4) is 12.1 Å². The van der Waals surface area contributed by atoms with Gasteiger partial charge in [0.15, 0.2) is 11.9 Å². The first-order valence-corrected chi connectivity index (χ1v) is 19.9. The summed E-state index contributed by atoms with van der Waals surface area (Å²) in [5.74, 6) is -3.80. The predicted octanol–water partition coefficient (Wildman–Crippen LogP) is 5.61. The van der Waals surface area contributed by atoms with Gasteiger partial charge < -0.3 is 23.8 Å². The molecule has 6 rings (SSSR count). The molecule has 0 amide bonds. The lowest BCUT2D eigenvalue weighted by molar-refractivity contribution is -0.147. The summed E-state index contributed by atoms with van der Waals surface area (Å²) in [5, 5.41) is 21.8. The van der Waals surface area contributed by atoms with Crippen molar-refractivity contribution in [2.24, 2.45) is 0 Å². The molecule has 2 aliphatic heterocycles. The second kappa shape index (κ2) is 20.4. The van der Waals surface area contributed by atoms with Crippen molar-refractivity contribution in [3.05, 3.63) is 136 Å². The molecule has 2 aliphatic rings. The second-order valence-electron chi connectivity index (χ2n) is 14.2.